The summed E-state index contributed by atoms with van der Waals surface area (Å²) in [5.41, 5.74) is 0. The molecule has 0 aromatic heterocycles. The third kappa shape index (κ3) is 40.0. The Morgan fingerprint density at radius 1 is 0.469 bits per heavy atom. The third-order valence-corrected chi connectivity index (χ3v) is 8.98. The molecule has 0 aromatic carbocycles. The highest BCUT2D eigenvalue weighted by molar-refractivity contribution is 5.69. The fourth-order valence-corrected chi connectivity index (χ4v) is 5.94. The van der Waals surface area contributed by atoms with Gasteiger partial charge >= 0.3 is 11.9 Å². The van der Waals surface area contributed by atoms with Gasteiger partial charge < -0.3 is 9.84 Å². The van der Waals surface area contributed by atoms with Crippen molar-refractivity contribution in [2.24, 2.45) is 0 Å². The normalized spacial score (nSPS) is 12.9. The predicted molar refractivity (Wildman–Crippen MR) is 213 cm³/mol. The lowest BCUT2D eigenvalue weighted by Gasteiger charge is -2.17. The number of hydrogen-bond donors (Lipinski definition) is 1. The molecule has 1 unspecified atom stereocenters. The maximum absolute atomic E-state index is 12.7. The van der Waals surface area contributed by atoms with Gasteiger partial charge in [0, 0.05) is 12.8 Å². The van der Waals surface area contributed by atoms with E-state index in [2.05, 4.69) is 74.6 Å². The van der Waals surface area contributed by atoms with Crippen LogP contribution in [-0.2, 0) is 14.3 Å². The molecular weight excluding hydrogens is 604 g/mol. The van der Waals surface area contributed by atoms with Gasteiger partial charge in [-0.15, -0.1) is 0 Å². The fraction of sp³-hybridized carbons (Fsp3) is 0.733. The predicted octanol–water partition coefficient (Wildman–Crippen LogP) is 14.5. The monoisotopic (exact) mass is 683 g/mol. The SMILES string of the molecule is CC/C=C\C/C=C\C/C=C\C/C=C\CCC(CCCCCCCC(=O)O)OC(=O)CCCCCCCCC/C=C\CCCCCCCCC. The number of carbonyl (C=O) groups excluding carboxylic acids is 1. The number of carboxylic acid groups (broad SMARTS) is 1. The van der Waals surface area contributed by atoms with Crippen molar-refractivity contribution in [2.75, 3.05) is 0 Å². The van der Waals surface area contributed by atoms with E-state index in [1.165, 1.54) is 89.9 Å². The average molecular weight is 683 g/mol. The number of carboxylic acids is 1. The van der Waals surface area contributed by atoms with Crippen molar-refractivity contribution in [3.8, 4) is 0 Å². The molecule has 0 bridgehead atoms. The van der Waals surface area contributed by atoms with E-state index in [1.54, 1.807) is 0 Å². The molecule has 4 heteroatoms. The van der Waals surface area contributed by atoms with Gasteiger partial charge in [-0.1, -0.05) is 164 Å². The minimum Gasteiger partial charge on any atom is -0.481 e. The molecular formula is C45H78O4. The van der Waals surface area contributed by atoms with Crippen molar-refractivity contribution in [1.29, 1.82) is 0 Å². The lowest BCUT2D eigenvalue weighted by Crippen LogP contribution is -2.18. The summed E-state index contributed by atoms with van der Waals surface area (Å²) in [7, 11) is 0. The van der Waals surface area contributed by atoms with Crippen molar-refractivity contribution in [1.82, 2.24) is 0 Å². The molecule has 0 saturated heterocycles. The molecule has 0 aliphatic rings. The van der Waals surface area contributed by atoms with Crippen LogP contribution in [-0.4, -0.2) is 23.1 Å². The van der Waals surface area contributed by atoms with Crippen molar-refractivity contribution >= 4 is 11.9 Å². The molecule has 0 aromatic rings. The first kappa shape index (κ1) is 46.6. The van der Waals surface area contributed by atoms with Gasteiger partial charge in [0.2, 0.25) is 0 Å². The number of unbranched alkanes of at least 4 members (excludes halogenated alkanes) is 18. The zero-order valence-corrected chi connectivity index (χ0v) is 32.2. The Morgan fingerprint density at radius 3 is 1.43 bits per heavy atom. The van der Waals surface area contributed by atoms with Crippen LogP contribution >= 0.6 is 0 Å². The highest BCUT2D eigenvalue weighted by atomic mass is 16.5. The van der Waals surface area contributed by atoms with E-state index in [4.69, 9.17) is 9.84 Å². The molecule has 0 heterocycles. The Labute approximate surface area is 304 Å². The van der Waals surface area contributed by atoms with Crippen LogP contribution in [0.1, 0.15) is 206 Å². The average Bonchev–Trinajstić information content (AvgIpc) is 3.09. The molecule has 0 rings (SSSR count). The number of rotatable bonds is 37. The van der Waals surface area contributed by atoms with E-state index >= 15 is 0 Å². The van der Waals surface area contributed by atoms with E-state index in [0.717, 1.165) is 89.9 Å². The van der Waals surface area contributed by atoms with E-state index in [9.17, 15) is 9.59 Å². The van der Waals surface area contributed by atoms with Gasteiger partial charge in [-0.2, -0.15) is 0 Å². The number of allylic oxidation sites excluding steroid dienone is 10. The number of ether oxygens (including phenoxy) is 1. The molecule has 0 aliphatic carbocycles. The molecule has 0 amide bonds. The first-order valence-electron chi connectivity index (χ1n) is 20.8. The molecule has 0 saturated carbocycles. The van der Waals surface area contributed by atoms with Gasteiger partial charge in [0.1, 0.15) is 6.10 Å². The second-order valence-electron chi connectivity index (χ2n) is 13.8. The smallest absolute Gasteiger partial charge is 0.306 e. The highest BCUT2D eigenvalue weighted by Gasteiger charge is 2.13. The Kier molecular flexibility index (Phi) is 38.1. The zero-order chi connectivity index (χ0) is 35.7. The van der Waals surface area contributed by atoms with Crippen molar-refractivity contribution < 1.29 is 19.4 Å². The highest BCUT2D eigenvalue weighted by Crippen LogP contribution is 2.17. The molecule has 0 fully saturated rings. The van der Waals surface area contributed by atoms with Gasteiger partial charge in [-0.3, -0.25) is 9.59 Å². The molecule has 0 aliphatic heterocycles. The van der Waals surface area contributed by atoms with Crippen molar-refractivity contribution in [3.05, 3.63) is 60.8 Å². The zero-order valence-electron chi connectivity index (χ0n) is 32.2. The minimum absolute atomic E-state index is 0.0248. The van der Waals surface area contributed by atoms with Crippen molar-refractivity contribution in [3.63, 3.8) is 0 Å². The third-order valence-electron chi connectivity index (χ3n) is 8.98. The van der Waals surface area contributed by atoms with Crippen LogP contribution in [0.25, 0.3) is 0 Å². The van der Waals surface area contributed by atoms with E-state index in [1.807, 2.05) is 0 Å². The molecule has 0 radical (unpaired) electrons. The maximum Gasteiger partial charge on any atom is 0.306 e. The van der Waals surface area contributed by atoms with Gasteiger partial charge in [-0.05, 0) is 89.9 Å². The van der Waals surface area contributed by atoms with E-state index < -0.39 is 5.97 Å². The summed E-state index contributed by atoms with van der Waals surface area (Å²) in [6.07, 6.45) is 55.3. The van der Waals surface area contributed by atoms with Gasteiger partial charge in [0.05, 0.1) is 0 Å². The molecule has 0 spiro atoms. The summed E-state index contributed by atoms with van der Waals surface area (Å²) in [4.78, 5) is 23.4. The minimum atomic E-state index is -0.713. The summed E-state index contributed by atoms with van der Waals surface area (Å²) >= 11 is 0. The van der Waals surface area contributed by atoms with Crippen LogP contribution < -0.4 is 0 Å². The lowest BCUT2D eigenvalue weighted by atomic mass is 10.0. The molecule has 4 nitrogen and oxygen atoms in total. The Morgan fingerprint density at radius 2 is 0.898 bits per heavy atom. The summed E-state index contributed by atoms with van der Waals surface area (Å²) in [5, 5.41) is 8.82. The Balaban J connectivity index is 4.11. The fourth-order valence-electron chi connectivity index (χ4n) is 5.94. The first-order chi connectivity index (χ1) is 24.1. The number of hydrogen-bond acceptors (Lipinski definition) is 3. The van der Waals surface area contributed by atoms with Crippen LogP contribution in [0, 0.1) is 0 Å². The second kappa shape index (κ2) is 40.1. The van der Waals surface area contributed by atoms with Crippen LogP contribution in [0.2, 0.25) is 0 Å². The number of aliphatic carboxylic acids is 1. The van der Waals surface area contributed by atoms with Crippen LogP contribution in [0.15, 0.2) is 60.8 Å². The quantitative estimate of drug-likeness (QED) is 0.0402. The summed E-state index contributed by atoms with van der Waals surface area (Å²) in [6.45, 7) is 4.43. The largest absolute Gasteiger partial charge is 0.481 e. The van der Waals surface area contributed by atoms with E-state index in [-0.39, 0.29) is 18.5 Å². The van der Waals surface area contributed by atoms with Gasteiger partial charge in [0.15, 0.2) is 0 Å². The van der Waals surface area contributed by atoms with Crippen LogP contribution in [0.3, 0.4) is 0 Å². The van der Waals surface area contributed by atoms with Gasteiger partial charge in [0.25, 0.3) is 0 Å². The van der Waals surface area contributed by atoms with Crippen LogP contribution in [0.5, 0.6) is 0 Å². The van der Waals surface area contributed by atoms with E-state index in [0.29, 0.717) is 6.42 Å². The molecule has 1 atom stereocenters. The molecule has 1 N–H and O–H groups in total. The topological polar surface area (TPSA) is 63.6 Å². The van der Waals surface area contributed by atoms with Crippen LogP contribution in [0.4, 0.5) is 0 Å². The Hall–Kier alpha value is -2.36. The summed E-state index contributed by atoms with van der Waals surface area (Å²) in [5.74, 6) is -0.754. The van der Waals surface area contributed by atoms with Gasteiger partial charge in [-0.25, -0.2) is 0 Å². The summed E-state index contributed by atoms with van der Waals surface area (Å²) < 4.78 is 5.97. The second-order valence-corrected chi connectivity index (χ2v) is 13.8. The number of carbonyl (C=O) groups is 2. The van der Waals surface area contributed by atoms with Crippen molar-refractivity contribution in [2.45, 2.75) is 213 Å². The maximum atomic E-state index is 12.7. The summed E-state index contributed by atoms with van der Waals surface area (Å²) in [6, 6.07) is 0. The number of esters is 1. The molecule has 282 valence electrons. The first-order valence-corrected chi connectivity index (χ1v) is 20.8. The standard InChI is InChI=1S/C45H78O4/c1-3-5-7-9-11-13-15-17-18-19-20-21-23-25-27-29-34-38-42-45(48)49-43(40-36-32-30-33-37-41-44(46)47)39-35-31-28-26-24-22-16-14-12-10-8-6-4-2/h6,8,12,14,18-19,22,24,28,31,43H,3-5,7,9-11,13,15-17,20-21,23,25-27,29-30,32-42H2,1-2H3,(H,46,47)/b8-6-,14-12-,19-18-,24-22-,31-28-. The lowest BCUT2D eigenvalue weighted by molar-refractivity contribution is -0.150. The Bertz CT molecular complexity index is 865. The molecule has 49 heavy (non-hydrogen) atoms.